The quantitative estimate of drug-likeness (QED) is 0.816. The van der Waals surface area contributed by atoms with Gasteiger partial charge in [-0.3, -0.25) is 4.79 Å². The summed E-state index contributed by atoms with van der Waals surface area (Å²) >= 11 is 7.47. The fraction of sp³-hybridized carbons (Fsp3) is 0.312. The van der Waals surface area contributed by atoms with Crippen molar-refractivity contribution in [2.75, 3.05) is 18.4 Å². The van der Waals surface area contributed by atoms with Crippen molar-refractivity contribution in [1.29, 1.82) is 0 Å². The number of sulfonamides is 1. The maximum absolute atomic E-state index is 12.6. The lowest BCUT2D eigenvalue weighted by atomic mass is 10.3. The summed E-state index contributed by atoms with van der Waals surface area (Å²) < 4.78 is 26.5. The van der Waals surface area contributed by atoms with Crippen molar-refractivity contribution < 1.29 is 13.2 Å². The van der Waals surface area contributed by atoms with Gasteiger partial charge in [0.05, 0.1) is 20.5 Å². The standard InChI is InChI=1S/C16H19ClN2O3S2/c1-4-19(5-2)24(21,22)12-7-8-13(17)14(10-12)18-16(20)15-9-6-11(3)23-15/h6-10H,4-5H2,1-3H3,(H,18,20). The zero-order valence-corrected chi connectivity index (χ0v) is 16.1. The summed E-state index contributed by atoms with van der Waals surface area (Å²) in [7, 11) is -3.61. The SMILES string of the molecule is CCN(CC)S(=O)(=O)c1ccc(Cl)c(NC(=O)c2ccc(C)s2)c1. The first-order valence-electron chi connectivity index (χ1n) is 7.47. The molecule has 1 amide bonds. The summed E-state index contributed by atoms with van der Waals surface area (Å²) in [6, 6.07) is 7.89. The van der Waals surface area contributed by atoms with Gasteiger partial charge >= 0.3 is 0 Å². The van der Waals surface area contributed by atoms with Crippen LogP contribution >= 0.6 is 22.9 Å². The molecule has 0 bridgehead atoms. The van der Waals surface area contributed by atoms with E-state index in [9.17, 15) is 13.2 Å². The molecule has 0 saturated heterocycles. The smallest absolute Gasteiger partial charge is 0.265 e. The number of halogens is 1. The van der Waals surface area contributed by atoms with E-state index in [1.807, 2.05) is 13.0 Å². The molecule has 24 heavy (non-hydrogen) atoms. The van der Waals surface area contributed by atoms with Crippen molar-refractivity contribution >= 4 is 44.6 Å². The third-order valence-corrected chi connectivity index (χ3v) is 6.87. The molecule has 0 aliphatic heterocycles. The van der Waals surface area contributed by atoms with Gasteiger partial charge in [0.15, 0.2) is 0 Å². The van der Waals surface area contributed by atoms with Crippen LogP contribution in [0.2, 0.25) is 5.02 Å². The van der Waals surface area contributed by atoms with E-state index < -0.39 is 10.0 Å². The number of nitrogens with zero attached hydrogens (tertiary/aromatic N) is 1. The second-order valence-corrected chi connectivity index (χ2v) is 8.73. The molecule has 0 fully saturated rings. The van der Waals surface area contributed by atoms with Gasteiger partial charge in [-0.1, -0.05) is 25.4 Å². The van der Waals surface area contributed by atoms with E-state index in [2.05, 4.69) is 5.32 Å². The van der Waals surface area contributed by atoms with Gasteiger partial charge in [0.1, 0.15) is 0 Å². The number of nitrogens with one attached hydrogen (secondary N) is 1. The Morgan fingerprint density at radius 1 is 1.21 bits per heavy atom. The maximum Gasteiger partial charge on any atom is 0.265 e. The molecule has 2 rings (SSSR count). The number of aryl methyl sites for hydroxylation is 1. The molecule has 0 saturated carbocycles. The topological polar surface area (TPSA) is 66.5 Å². The van der Waals surface area contributed by atoms with Gasteiger partial charge in [0.2, 0.25) is 10.0 Å². The summed E-state index contributed by atoms with van der Waals surface area (Å²) in [4.78, 5) is 13.9. The largest absolute Gasteiger partial charge is 0.320 e. The van der Waals surface area contributed by atoms with Gasteiger partial charge in [-0.25, -0.2) is 8.42 Å². The first-order valence-corrected chi connectivity index (χ1v) is 10.1. The van der Waals surface area contributed by atoms with Gasteiger partial charge in [-0.05, 0) is 37.3 Å². The number of hydrogen-bond acceptors (Lipinski definition) is 4. The number of carbonyl (C=O) groups excluding carboxylic acids is 1. The Balaban J connectivity index is 2.34. The molecular weight excluding hydrogens is 368 g/mol. The van der Waals surface area contributed by atoms with Crippen LogP contribution in [0.4, 0.5) is 5.69 Å². The van der Waals surface area contributed by atoms with Crippen molar-refractivity contribution in [2.24, 2.45) is 0 Å². The summed E-state index contributed by atoms with van der Waals surface area (Å²) in [5.74, 6) is -0.313. The number of thiophene rings is 1. The Hall–Kier alpha value is -1.41. The van der Waals surface area contributed by atoms with Crippen LogP contribution in [-0.4, -0.2) is 31.7 Å². The molecule has 1 aromatic heterocycles. The molecule has 8 heteroatoms. The lowest BCUT2D eigenvalue weighted by molar-refractivity contribution is 0.103. The van der Waals surface area contributed by atoms with Crippen LogP contribution in [0.25, 0.3) is 0 Å². The van der Waals surface area contributed by atoms with Crippen molar-refractivity contribution in [3.05, 3.63) is 45.1 Å². The zero-order valence-electron chi connectivity index (χ0n) is 13.7. The number of hydrogen-bond donors (Lipinski definition) is 1. The molecule has 0 unspecified atom stereocenters. The van der Waals surface area contributed by atoms with Crippen molar-refractivity contribution in [1.82, 2.24) is 4.31 Å². The van der Waals surface area contributed by atoms with Crippen molar-refractivity contribution in [2.45, 2.75) is 25.7 Å². The van der Waals surface area contributed by atoms with Gasteiger partial charge in [-0.2, -0.15) is 4.31 Å². The van der Waals surface area contributed by atoms with E-state index in [4.69, 9.17) is 11.6 Å². The normalized spacial score (nSPS) is 11.7. The van der Waals surface area contributed by atoms with Crippen LogP contribution in [-0.2, 0) is 10.0 Å². The Kier molecular flexibility index (Phi) is 6.03. The van der Waals surface area contributed by atoms with Crippen LogP contribution in [0.5, 0.6) is 0 Å². The molecule has 0 aliphatic carbocycles. The van der Waals surface area contributed by atoms with E-state index in [0.717, 1.165) is 4.88 Å². The lowest BCUT2D eigenvalue weighted by Gasteiger charge is -2.19. The van der Waals surface area contributed by atoms with E-state index in [0.29, 0.717) is 18.0 Å². The molecule has 0 aliphatic rings. The summed E-state index contributed by atoms with van der Waals surface area (Å²) in [5, 5.41) is 2.97. The molecule has 1 N–H and O–H groups in total. The van der Waals surface area contributed by atoms with Gasteiger partial charge in [0.25, 0.3) is 5.91 Å². The second kappa shape index (κ2) is 7.65. The fourth-order valence-electron chi connectivity index (χ4n) is 2.21. The molecule has 0 spiro atoms. The van der Waals surface area contributed by atoms with Gasteiger partial charge < -0.3 is 5.32 Å². The van der Waals surface area contributed by atoms with Crippen LogP contribution in [0.1, 0.15) is 28.4 Å². The number of rotatable bonds is 6. The highest BCUT2D eigenvalue weighted by Gasteiger charge is 2.23. The highest BCUT2D eigenvalue weighted by molar-refractivity contribution is 7.89. The molecule has 2 aromatic rings. The van der Waals surface area contributed by atoms with Crippen LogP contribution in [0.3, 0.4) is 0 Å². The van der Waals surface area contributed by atoms with Crippen molar-refractivity contribution in [3.8, 4) is 0 Å². The van der Waals surface area contributed by atoms with Gasteiger partial charge in [0, 0.05) is 18.0 Å². The predicted molar refractivity (Wildman–Crippen MR) is 98.6 cm³/mol. The summed E-state index contributed by atoms with van der Waals surface area (Å²) in [6.07, 6.45) is 0. The highest BCUT2D eigenvalue weighted by atomic mass is 35.5. The first kappa shape index (κ1) is 18.9. The molecule has 0 radical (unpaired) electrons. The van der Waals surface area contributed by atoms with Crippen LogP contribution in [0, 0.1) is 6.92 Å². The Morgan fingerprint density at radius 2 is 1.88 bits per heavy atom. The molecule has 1 aromatic carbocycles. The Labute approximate surface area is 151 Å². The molecule has 130 valence electrons. The molecule has 5 nitrogen and oxygen atoms in total. The van der Waals surface area contributed by atoms with E-state index >= 15 is 0 Å². The minimum absolute atomic E-state index is 0.105. The fourth-order valence-corrected chi connectivity index (χ4v) is 4.63. The van der Waals surface area contributed by atoms with E-state index in [-0.39, 0.29) is 21.5 Å². The average Bonchev–Trinajstić information content (AvgIpc) is 2.97. The van der Waals surface area contributed by atoms with Crippen LogP contribution in [0.15, 0.2) is 35.2 Å². The third kappa shape index (κ3) is 3.97. The van der Waals surface area contributed by atoms with Crippen LogP contribution < -0.4 is 5.32 Å². The van der Waals surface area contributed by atoms with E-state index in [1.54, 1.807) is 19.9 Å². The minimum Gasteiger partial charge on any atom is -0.320 e. The van der Waals surface area contributed by atoms with E-state index in [1.165, 1.54) is 33.8 Å². The summed E-state index contributed by atoms with van der Waals surface area (Å²) in [5.41, 5.74) is 0.279. The zero-order chi connectivity index (χ0) is 17.9. The Morgan fingerprint density at radius 3 is 2.42 bits per heavy atom. The average molecular weight is 387 g/mol. The third-order valence-electron chi connectivity index (χ3n) is 3.49. The number of benzene rings is 1. The van der Waals surface area contributed by atoms with Gasteiger partial charge in [-0.15, -0.1) is 11.3 Å². The lowest BCUT2D eigenvalue weighted by Crippen LogP contribution is -2.30. The molecule has 1 heterocycles. The monoisotopic (exact) mass is 386 g/mol. The summed E-state index contributed by atoms with van der Waals surface area (Å²) in [6.45, 7) is 6.21. The number of anilines is 1. The minimum atomic E-state index is -3.61. The van der Waals surface area contributed by atoms with Crippen molar-refractivity contribution in [3.63, 3.8) is 0 Å². The molecular formula is C16H19ClN2O3S2. The predicted octanol–water partition coefficient (Wildman–Crippen LogP) is 3.99. The second-order valence-electron chi connectivity index (χ2n) is 5.10. The highest BCUT2D eigenvalue weighted by Crippen LogP contribution is 2.28. The Bertz CT molecular complexity index is 843. The number of amides is 1. The maximum atomic E-state index is 12.6. The first-order chi connectivity index (χ1) is 11.3. The number of carbonyl (C=O) groups is 1. The molecule has 0 atom stereocenters.